The number of nitrogens with zero attached hydrogens (tertiary/aromatic N) is 1. The monoisotopic (exact) mass is 377 g/mol. The van der Waals surface area contributed by atoms with Crippen LogP contribution in [0.5, 0.6) is 5.75 Å². The molecular formula is C20H12BrNO2. The second-order valence-electron chi connectivity index (χ2n) is 5.11. The van der Waals surface area contributed by atoms with E-state index in [2.05, 4.69) is 22.0 Å². The van der Waals surface area contributed by atoms with Crippen molar-refractivity contribution >= 4 is 21.9 Å². The van der Waals surface area contributed by atoms with Gasteiger partial charge in [0.05, 0.1) is 17.2 Å². The molecule has 0 aromatic heterocycles. The summed E-state index contributed by atoms with van der Waals surface area (Å²) in [5, 5.41) is 8.83. The van der Waals surface area contributed by atoms with Gasteiger partial charge in [-0.1, -0.05) is 46.3 Å². The molecule has 0 bridgehead atoms. The molecule has 0 spiro atoms. The Balaban J connectivity index is 1.74. The van der Waals surface area contributed by atoms with E-state index in [9.17, 15) is 4.79 Å². The van der Waals surface area contributed by atoms with Crippen molar-refractivity contribution in [3.05, 3.63) is 88.4 Å². The molecular weight excluding hydrogens is 366 g/mol. The Morgan fingerprint density at radius 2 is 1.54 bits per heavy atom. The lowest BCUT2D eigenvalue weighted by Crippen LogP contribution is -2.08. The molecule has 3 aromatic carbocycles. The van der Waals surface area contributed by atoms with Crippen LogP contribution in [0.1, 0.15) is 15.9 Å². The second-order valence-corrected chi connectivity index (χ2v) is 6.03. The maximum atomic E-state index is 12.1. The SMILES string of the molecule is N#Cc1ccc(-c2ccc(OC(=O)c3cccc(Br)c3)cc2)cc1. The maximum absolute atomic E-state index is 12.1. The van der Waals surface area contributed by atoms with Gasteiger partial charge in [0.2, 0.25) is 0 Å². The molecule has 0 unspecified atom stereocenters. The van der Waals surface area contributed by atoms with E-state index in [0.717, 1.165) is 15.6 Å². The van der Waals surface area contributed by atoms with Gasteiger partial charge < -0.3 is 4.74 Å². The van der Waals surface area contributed by atoms with Gasteiger partial charge >= 0.3 is 5.97 Å². The number of hydrogen-bond donors (Lipinski definition) is 0. The van der Waals surface area contributed by atoms with Crippen molar-refractivity contribution < 1.29 is 9.53 Å². The van der Waals surface area contributed by atoms with Crippen molar-refractivity contribution in [2.75, 3.05) is 0 Å². The van der Waals surface area contributed by atoms with E-state index >= 15 is 0 Å². The van der Waals surface area contributed by atoms with Crippen LogP contribution in [0.15, 0.2) is 77.3 Å². The van der Waals surface area contributed by atoms with Crippen molar-refractivity contribution in [1.29, 1.82) is 5.26 Å². The number of carbonyl (C=O) groups excluding carboxylic acids is 1. The van der Waals surface area contributed by atoms with E-state index in [1.807, 2.05) is 30.3 Å². The summed E-state index contributed by atoms with van der Waals surface area (Å²) >= 11 is 3.33. The third kappa shape index (κ3) is 3.70. The lowest BCUT2D eigenvalue weighted by Gasteiger charge is -2.06. The molecule has 0 saturated heterocycles. The van der Waals surface area contributed by atoms with Crippen LogP contribution in [0.3, 0.4) is 0 Å². The predicted octanol–water partition coefficient (Wildman–Crippen LogP) is 5.21. The number of benzene rings is 3. The largest absolute Gasteiger partial charge is 0.423 e. The highest BCUT2D eigenvalue weighted by molar-refractivity contribution is 9.10. The number of esters is 1. The minimum atomic E-state index is -0.401. The minimum Gasteiger partial charge on any atom is -0.423 e. The summed E-state index contributed by atoms with van der Waals surface area (Å²) in [6.45, 7) is 0. The predicted molar refractivity (Wildman–Crippen MR) is 95.7 cm³/mol. The van der Waals surface area contributed by atoms with Gasteiger partial charge in [-0.25, -0.2) is 4.79 Å². The molecule has 24 heavy (non-hydrogen) atoms. The number of halogens is 1. The van der Waals surface area contributed by atoms with Crippen molar-refractivity contribution in [2.24, 2.45) is 0 Å². The highest BCUT2D eigenvalue weighted by Crippen LogP contribution is 2.23. The number of nitriles is 1. The average Bonchev–Trinajstić information content (AvgIpc) is 2.62. The van der Waals surface area contributed by atoms with Gasteiger partial charge in [0.1, 0.15) is 5.75 Å². The fourth-order valence-electron chi connectivity index (χ4n) is 2.23. The molecule has 0 heterocycles. The smallest absolute Gasteiger partial charge is 0.343 e. The minimum absolute atomic E-state index is 0.401. The number of rotatable bonds is 3. The molecule has 0 atom stereocenters. The second kappa shape index (κ2) is 7.12. The standard InChI is InChI=1S/C20H12BrNO2/c21-18-3-1-2-17(12-18)20(23)24-19-10-8-16(9-11-19)15-6-4-14(13-22)5-7-15/h1-12H. The first kappa shape index (κ1) is 16.0. The Morgan fingerprint density at radius 3 is 2.12 bits per heavy atom. The summed E-state index contributed by atoms with van der Waals surface area (Å²) in [4.78, 5) is 12.1. The summed E-state index contributed by atoms with van der Waals surface area (Å²) in [5.74, 6) is 0.0831. The highest BCUT2D eigenvalue weighted by atomic mass is 79.9. The summed E-state index contributed by atoms with van der Waals surface area (Å²) in [6, 6.07) is 23.7. The van der Waals surface area contributed by atoms with E-state index in [0.29, 0.717) is 16.9 Å². The molecule has 3 aromatic rings. The quantitative estimate of drug-likeness (QED) is 0.465. The van der Waals surface area contributed by atoms with Gasteiger partial charge in [-0.3, -0.25) is 0 Å². The molecule has 0 fully saturated rings. The summed E-state index contributed by atoms with van der Waals surface area (Å²) in [7, 11) is 0. The van der Waals surface area contributed by atoms with Crippen LogP contribution >= 0.6 is 15.9 Å². The Kier molecular flexibility index (Phi) is 4.74. The van der Waals surface area contributed by atoms with Crippen molar-refractivity contribution in [1.82, 2.24) is 0 Å². The van der Waals surface area contributed by atoms with E-state index < -0.39 is 5.97 Å². The third-order valence-electron chi connectivity index (χ3n) is 3.47. The Bertz CT molecular complexity index is 910. The highest BCUT2D eigenvalue weighted by Gasteiger charge is 2.09. The van der Waals surface area contributed by atoms with Gasteiger partial charge in [-0.15, -0.1) is 0 Å². The lowest BCUT2D eigenvalue weighted by molar-refractivity contribution is 0.0734. The van der Waals surface area contributed by atoms with Crippen LogP contribution in [-0.2, 0) is 0 Å². The van der Waals surface area contributed by atoms with Gasteiger partial charge in [-0.2, -0.15) is 5.26 Å². The van der Waals surface area contributed by atoms with Crippen molar-refractivity contribution in [3.63, 3.8) is 0 Å². The number of hydrogen-bond acceptors (Lipinski definition) is 3. The van der Waals surface area contributed by atoms with Crippen LogP contribution in [-0.4, -0.2) is 5.97 Å². The zero-order chi connectivity index (χ0) is 16.9. The molecule has 116 valence electrons. The zero-order valence-corrected chi connectivity index (χ0v) is 14.2. The lowest BCUT2D eigenvalue weighted by atomic mass is 10.0. The first-order valence-corrected chi connectivity index (χ1v) is 8.03. The normalized spacial score (nSPS) is 10.0. The molecule has 0 radical (unpaired) electrons. The third-order valence-corrected chi connectivity index (χ3v) is 3.97. The topological polar surface area (TPSA) is 50.1 Å². The van der Waals surface area contributed by atoms with Crippen LogP contribution in [0.4, 0.5) is 0 Å². The Labute approximate surface area is 148 Å². The molecule has 3 nitrogen and oxygen atoms in total. The fraction of sp³-hybridized carbons (Fsp3) is 0. The molecule has 0 N–H and O–H groups in total. The van der Waals surface area contributed by atoms with Gasteiger partial charge in [0.15, 0.2) is 0 Å². The fourth-order valence-corrected chi connectivity index (χ4v) is 2.63. The van der Waals surface area contributed by atoms with E-state index in [-0.39, 0.29) is 0 Å². The maximum Gasteiger partial charge on any atom is 0.343 e. The summed E-state index contributed by atoms with van der Waals surface area (Å²) < 4.78 is 6.21. The molecule has 0 saturated carbocycles. The molecule has 4 heteroatoms. The Morgan fingerprint density at radius 1 is 0.917 bits per heavy atom. The molecule has 3 rings (SSSR count). The van der Waals surface area contributed by atoms with Crippen LogP contribution < -0.4 is 4.74 Å². The first-order chi connectivity index (χ1) is 11.7. The van der Waals surface area contributed by atoms with Gasteiger partial charge in [0.25, 0.3) is 0 Å². The van der Waals surface area contributed by atoms with Crippen molar-refractivity contribution in [2.45, 2.75) is 0 Å². The number of ether oxygens (including phenoxy) is 1. The summed E-state index contributed by atoms with van der Waals surface area (Å²) in [6.07, 6.45) is 0. The number of carbonyl (C=O) groups is 1. The van der Waals surface area contributed by atoms with Gasteiger partial charge in [0, 0.05) is 4.47 Å². The van der Waals surface area contributed by atoms with E-state index in [4.69, 9.17) is 10.00 Å². The van der Waals surface area contributed by atoms with Crippen LogP contribution in [0.25, 0.3) is 11.1 Å². The Hall–Kier alpha value is -2.90. The first-order valence-electron chi connectivity index (χ1n) is 7.24. The molecule has 0 aliphatic heterocycles. The van der Waals surface area contributed by atoms with Crippen LogP contribution in [0, 0.1) is 11.3 Å². The van der Waals surface area contributed by atoms with Gasteiger partial charge in [-0.05, 0) is 53.6 Å². The molecule has 0 aliphatic carbocycles. The summed E-state index contributed by atoms with van der Waals surface area (Å²) in [5.41, 5.74) is 3.10. The van der Waals surface area contributed by atoms with Crippen LogP contribution in [0.2, 0.25) is 0 Å². The zero-order valence-electron chi connectivity index (χ0n) is 12.6. The van der Waals surface area contributed by atoms with E-state index in [1.165, 1.54) is 0 Å². The molecule has 0 amide bonds. The van der Waals surface area contributed by atoms with Crippen molar-refractivity contribution in [3.8, 4) is 22.9 Å². The average molecular weight is 378 g/mol. The van der Waals surface area contributed by atoms with E-state index in [1.54, 1.807) is 42.5 Å². The molecule has 0 aliphatic rings.